The molecule has 1 heterocycles. The van der Waals surface area contributed by atoms with Crippen molar-refractivity contribution < 1.29 is 4.74 Å². The highest BCUT2D eigenvalue weighted by molar-refractivity contribution is 9.10. The van der Waals surface area contributed by atoms with Gasteiger partial charge in [-0.3, -0.25) is 0 Å². The molecule has 2 atom stereocenters. The van der Waals surface area contributed by atoms with Gasteiger partial charge in [0, 0.05) is 17.1 Å². The molecule has 1 aromatic carbocycles. The van der Waals surface area contributed by atoms with Gasteiger partial charge >= 0.3 is 0 Å². The van der Waals surface area contributed by atoms with Crippen molar-refractivity contribution in [2.45, 2.75) is 50.2 Å². The molecule has 1 spiro atoms. The normalized spacial score (nSPS) is 26.9. The topological polar surface area (TPSA) is 35.2 Å². The molecule has 0 aromatic heterocycles. The van der Waals surface area contributed by atoms with Gasteiger partial charge in [-0.1, -0.05) is 28.1 Å². The van der Waals surface area contributed by atoms with Gasteiger partial charge in [-0.25, -0.2) is 0 Å². The Balaban J connectivity index is 1.60. The zero-order chi connectivity index (χ0) is 13.3. The van der Waals surface area contributed by atoms with Crippen LogP contribution in [-0.2, 0) is 11.2 Å². The summed E-state index contributed by atoms with van der Waals surface area (Å²) in [6.45, 7) is 0.901. The number of hydrogen-bond acceptors (Lipinski definition) is 2. The average Bonchev–Trinajstić information content (AvgIpc) is 2.40. The Morgan fingerprint density at radius 1 is 1.32 bits per heavy atom. The van der Waals surface area contributed by atoms with Gasteiger partial charge in [0.05, 0.1) is 5.60 Å². The Hall–Kier alpha value is -0.380. The number of nitrogens with two attached hydrogens (primary N) is 1. The lowest BCUT2D eigenvalue weighted by Gasteiger charge is -2.48. The van der Waals surface area contributed by atoms with Crippen molar-refractivity contribution >= 4 is 15.9 Å². The summed E-state index contributed by atoms with van der Waals surface area (Å²) in [5.41, 5.74) is 8.00. The van der Waals surface area contributed by atoms with Crippen molar-refractivity contribution in [3.8, 4) is 0 Å². The molecule has 19 heavy (non-hydrogen) atoms. The highest BCUT2D eigenvalue weighted by atomic mass is 79.9. The lowest BCUT2D eigenvalue weighted by atomic mass is 9.70. The van der Waals surface area contributed by atoms with Crippen LogP contribution in [0.15, 0.2) is 28.7 Å². The van der Waals surface area contributed by atoms with E-state index in [-0.39, 0.29) is 11.6 Å². The Kier molecular flexibility index (Phi) is 3.97. The van der Waals surface area contributed by atoms with E-state index in [0.717, 1.165) is 23.9 Å². The summed E-state index contributed by atoms with van der Waals surface area (Å²) in [5, 5.41) is 0. The first-order valence-electron chi connectivity index (χ1n) is 7.31. The van der Waals surface area contributed by atoms with Crippen molar-refractivity contribution in [3.63, 3.8) is 0 Å². The van der Waals surface area contributed by atoms with Gasteiger partial charge in [0.25, 0.3) is 0 Å². The number of halogens is 1. The summed E-state index contributed by atoms with van der Waals surface area (Å²) < 4.78 is 7.11. The van der Waals surface area contributed by atoms with Gasteiger partial charge in [-0.2, -0.15) is 0 Å². The van der Waals surface area contributed by atoms with E-state index in [1.54, 1.807) is 0 Å². The molecular weight excluding hydrogens is 302 g/mol. The van der Waals surface area contributed by atoms with Crippen LogP contribution in [-0.4, -0.2) is 18.2 Å². The minimum absolute atomic E-state index is 0.209. The quantitative estimate of drug-likeness (QED) is 0.921. The van der Waals surface area contributed by atoms with E-state index in [1.165, 1.54) is 31.2 Å². The molecule has 2 N–H and O–H groups in total. The molecule has 0 amide bonds. The van der Waals surface area contributed by atoms with Gasteiger partial charge in [-0.15, -0.1) is 0 Å². The predicted octanol–water partition coefficient (Wildman–Crippen LogP) is 3.67. The van der Waals surface area contributed by atoms with Gasteiger partial charge < -0.3 is 10.5 Å². The van der Waals surface area contributed by atoms with Crippen LogP contribution in [0.2, 0.25) is 0 Å². The first-order valence-corrected chi connectivity index (χ1v) is 8.10. The zero-order valence-electron chi connectivity index (χ0n) is 11.3. The number of ether oxygens (including phenoxy) is 1. The Morgan fingerprint density at radius 2 is 2.05 bits per heavy atom. The fourth-order valence-electron chi connectivity index (χ4n) is 3.41. The fourth-order valence-corrected chi connectivity index (χ4v) is 3.67. The minimum Gasteiger partial charge on any atom is -0.375 e. The molecule has 0 bridgehead atoms. The highest BCUT2D eigenvalue weighted by Crippen LogP contribution is 2.44. The first kappa shape index (κ1) is 13.6. The summed E-state index contributed by atoms with van der Waals surface area (Å²) >= 11 is 3.47. The molecule has 104 valence electrons. The van der Waals surface area contributed by atoms with Crippen LogP contribution in [0.3, 0.4) is 0 Å². The molecule has 2 aliphatic rings. The van der Waals surface area contributed by atoms with Crippen molar-refractivity contribution in [3.05, 3.63) is 34.3 Å². The molecule has 3 heteroatoms. The van der Waals surface area contributed by atoms with Gasteiger partial charge in [0.15, 0.2) is 0 Å². The van der Waals surface area contributed by atoms with Crippen LogP contribution in [0.5, 0.6) is 0 Å². The van der Waals surface area contributed by atoms with Gasteiger partial charge in [-0.05, 0) is 62.1 Å². The van der Waals surface area contributed by atoms with Crippen LogP contribution < -0.4 is 5.73 Å². The average molecular weight is 324 g/mol. The maximum absolute atomic E-state index is 6.45. The maximum Gasteiger partial charge on any atom is 0.0685 e. The first-order chi connectivity index (χ1) is 9.17. The van der Waals surface area contributed by atoms with Crippen LogP contribution in [0.4, 0.5) is 0 Å². The summed E-state index contributed by atoms with van der Waals surface area (Å²) in [5.74, 6) is 0.623. The molecule has 1 aliphatic carbocycles. The van der Waals surface area contributed by atoms with E-state index < -0.39 is 0 Å². The third-order valence-electron chi connectivity index (χ3n) is 4.79. The van der Waals surface area contributed by atoms with E-state index in [0.29, 0.717) is 5.92 Å². The summed E-state index contributed by atoms with van der Waals surface area (Å²) in [6, 6.07) is 8.80. The molecule has 2 nitrogen and oxygen atoms in total. The van der Waals surface area contributed by atoms with Crippen LogP contribution in [0, 0.1) is 5.92 Å². The fraction of sp³-hybridized carbons (Fsp3) is 0.625. The van der Waals surface area contributed by atoms with E-state index >= 15 is 0 Å². The number of rotatable bonds is 3. The molecule has 2 unspecified atom stereocenters. The van der Waals surface area contributed by atoms with Crippen molar-refractivity contribution in [2.75, 3.05) is 6.61 Å². The monoisotopic (exact) mass is 323 g/mol. The lowest BCUT2D eigenvalue weighted by molar-refractivity contribution is -0.145. The van der Waals surface area contributed by atoms with Crippen molar-refractivity contribution in [1.82, 2.24) is 0 Å². The predicted molar refractivity (Wildman–Crippen MR) is 81.1 cm³/mol. The van der Waals surface area contributed by atoms with E-state index in [4.69, 9.17) is 10.5 Å². The molecule has 0 radical (unpaired) electrons. The molecule has 3 rings (SSSR count). The summed E-state index contributed by atoms with van der Waals surface area (Å²) in [7, 11) is 0. The molecule has 1 aromatic rings. The molecule has 1 saturated heterocycles. The SMILES string of the molecule is NC(Cc1ccc(Br)cc1)C1CCOC2(CCC2)C1. The van der Waals surface area contributed by atoms with Gasteiger partial charge in [0.2, 0.25) is 0 Å². The smallest absolute Gasteiger partial charge is 0.0685 e. The Labute approximate surface area is 123 Å². The third kappa shape index (κ3) is 3.04. The van der Waals surface area contributed by atoms with E-state index in [2.05, 4.69) is 40.2 Å². The second-order valence-electron chi connectivity index (χ2n) is 6.13. The second-order valence-corrected chi connectivity index (χ2v) is 7.05. The molecule has 1 aliphatic heterocycles. The summed E-state index contributed by atoms with van der Waals surface area (Å²) in [4.78, 5) is 0. The van der Waals surface area contributed by atoms with E-state index in [1.807, 2.05) is 0 Å². The Morgan fingerprint density at radius 3 is 2.68 bits per heavy atom. The number of hydrogen-bond donors (Lipinski definition) is 1. The van der Waals surface area contributed by atoms with Crippen molar-refractivity contribution in [2.24, 2.45) is 11.7 Å². The summed E-state index contributed by atoms with van der Waals surface area (Å²) in [6.07, 6.45) is 7.09. The number of benzene rings is 1. The second kappa shape index (κ2) is 5.55. The van der Waals surface area contributed by atoms with E-state index in [9.17, 15) is 0 Å². The van der Waals surface area contributed by atoms with Crippen LogP contribution in [0.1, 0.15) is 37.7 Å². The molecule has 2 fully saturated rings. The maximum atomic E-state index is 6.45. The lowest BCUT2D eigenvalue weighted by Crippen LogP contribution is -2.49. The highest BCUT2D eigenvalue weighted by Gasteiger charge is 2.43. The van der Waals surface area contributed by atoms with Crippen molar-refractivity contribution in [1.29, 1.82) is 0 Å². The molecular formula is C16H22BrNO. The van der Waals surface area contributed by atoms with Crippen LogP contribution >= 0.6 is 15.9 Å². The zero-order valence-corrected chi connectivity index (χ0v) is 12.9. The Bertz CT molecular complexity index is 427. The minimum atomic E-state index is 0.209. The standard InChI is InChI=1S/C16H22BrNO/c17-14-4-2-12(3-5-14)10-15(18)13-6-9-19-16(11-13)7-1-8-16/h2-5,13,15H,1,6-11,18H2. The van der Waals surface area contributed by atoms with Crippen LogP contribution in [0.25, 0.3) is 0 Å². The molecule has 1 saturated carbocycles. The van der Waals surface area contributed by atoms with Gasteiger partial charge in [0.1, 0.15) is 0 Å². The third-order valence-corrected chi connectivity index (χ3v) is 5.31. The largest absolute Gasteiger partial charge is 0.375 e.